The van der Waals surface area contributed by atoms with Crippen LogP contribution in [0.3, 0.4) is 0 Å². The van der Waals surface area contributed by atoms with Crippen molar-refractivity contribution in [3.63, 3.8) is 0 Å². The summed E-state index contributed by atoms with van der Waals surface area (Å²) in [7, 11) is 0. The van der Waals surface area contributed by atoms with Crippen molar-refractivity contribution in [3.05, 3.63) is 59.7 Å². The van der Waals surface area contributed by atoms with Gasteiger partial charge in [-0.3, -0.25) is 19.7 Å². The third kappa shape index (κ3) is 5.52. The fraction of sp³-hybridized carbons (Fsp3) is 0.333. The molecule has 11 nitrogen and oxygen atoms in total. The summed E-state index contributed by atoms with van der Waals surface area (Å²) in [6.07, 6.45) is -1.21. The van der Waals surface area contributed by atoms with Crippen molar-refractivity contribution < 1.29 is 29.5 Å². The molecule has 11 heteroatoms. The zero-order valence-electron chi connectivity index (χ0n) is 20.0. The maximum Gasteiger partial charge on any atom is 0.347 e. The molecule has 0 radical (unpaired) electrons. The number of benzene rings is 2. The lowest BCUT2D eigenvalue weighted by Crippen LogP contribution is -2.58. The van der Waals surface area contributed by atoms with Gasteiger partial charge >= 0.3 is 18.0 Å². The first-order valence-corrected chi connectivity index (χ1v) is 10.9. The van der Waals surface area contributed by atoms with Crippen molar-refractivity contribution >= 4 is 35.3 Å². The molecular formula is C24H29N5O6. The average molecular weight is 484 g/mol. The van der Waals surface area contributed by atoms with E-state index in [1.165, 1.54) is 9.80 Å². The SMILES string of the molecule is Cc1ccc(NC(=O)N(O)C2N(c3ccc(C)cc3)C(=O)N(CC(=O)NCC(=O)O)C2(C)C)cc1. The number of nitrogens with one attached hydrogen (secondary N) is 2. The number of carboxylic acids is 1. The van der Waals surface area contributed by atoms with Crippen LogP contribution in [0.25, 0.3) is 0 Å². The van der Waals surface area contributed by atoms with Crippen LogP contribution in [0.1, 0.15) is 25.0 Å². The Balaban J connectivity index is 1.94. The first-order valence-electron chi connectivity index (χ1n) is 10.9. The van der Waals surface area contributed by atoms with Gasteiger partial charge in [-0.05, 0) is 52.0 Å². The molecular weight excluding hydrogens is 454 g/mol. The number of carboxylic acid groups (broad SMARTS) is 1. The van der Waals surface area contributed by atoms with Gasteiger partial charge in [0.15, 0.2) is 6.17 Å². The lowest BCUT2D eigenvalue weighted by Gasteiger charge is -2.38. The van der Waals surface area contributed by atoms with Gasteiger partial charge in [-0.1, -0.05) is 35.4 Å². The fourth-order valence-corrected chi connectivity index (χ4v) is 3.88. The molecule has 5 amide bonds. The van der Waals surface area contributed by atoms with E-state index in [1.807, 2.05) is 13.8 Å². The predicted octanol–water partition coefficient (Wildman–Crippen LogP) is 2.77. The molecule has 2 aromatic carbocycles. The molecule has 0 bridgehead atoms. The molecule has 0 saturated carbocycles. The smallest absolute Gasteiger partial charge is 0.347 e. The highest BCUT2D eigenvalue weighted by Gasteiger charge is 2.56. The Hall–Kier alpha value is -4.12. The molecule has 3 rings (SSSR count). The van der Waals surface area contributed by atoms with Crippen molar-refractivity contribution in [2.45, 2.75) is 39.4 Å². The number of aryl methyl sites for hydroxylation is 2. The minimum absolute atomic E-state index is 0.411. The number of rotatable bonds is 7. The monoisotopic (exact) mass is 483 g/mol. The van der Waals surface area contributed by atoms with Crippen LogP contribution < -0.4 is 15.5 Å². The number of hydrogen-bond acceptors (Lipinski definition) is 5. The molecule has 0 aliphatic carbocycles. The number of aliphatic carboxylic acids is 1. The van der Waals surface area contributed by atoms with E-state index in [1.54, 1.807) is 62.4 Å². The summed E-state index contributed by atoms with van der Waals surface area (Å²) < 4.78 is 0. The van der Waals surface area contributed by atoms with Crippen LogP contribution in [-0.2, 0) is 9.59 Å². The van der Waals surface area contributed by atoms with Gasteiger partial charge in [-0.25, -0.2) is 9.59 Å². The van der Waals surface area contributed by atoms with E-state index in [-0.39, 0.29) is 0 Å². The van der Waals surface area contributed by atoms with Gasteiger partial charge in [0.2, 0.25) is 5.91 Å². The standard InChI is InChI=1S/C24H29N5O6/c1-15-5-9-17(10-6-15)26-22(33)29(35)21-24(3,4)27(14-19(30)25-13-20(31)32)23(34)28(21)18-11-7-16(2)8-12-18/h5-12,21,35H,13-14H2,1-4H3,(H,25,30)(H,26,33)(H,31,32). The van der Waals surface area contributed by atoms with E-state index in [0.717, 1.165) is 11.1 Å². The number of amides is 5. The number of hydroxylamine groups is 2. The highest BCUT2D eigenvalue weighted by molar-refractivity contribution is 6.00. The second-order valence-electron chi connectivity index (χ2n) is 8.91. The zero-order valence-corrected chi connectivity index (χ0v) is 20.0. The number of nitrogens with zero attached hydrogens (tertiary/aromatic N) is 3. The predicted molar refractivity (Wildman–Crippen MR) is 128 cm³/mol. The van der Waals surface area contributed by atoms with Gasteiger partial charge < -0.3 is 20.6 Å². The third-order valence-electron chi connectivity index (χ3n) is 5.80. The molecule has 186 valence electrons. The molecule has 1 unspecified atom stereocenters. The second kappa shape index (κ2) is 10.0. The second-order valence-corrected chi connectivity index (χ2v) is 8.91. The van der Waals surface area contributed by atoms with E-state index in [2.05, 4.69) is 10.6 Å². The van der Waals surface area contributed by atoms with Gasteiger partial charge in [0.25, 0.3) is 0 Å². The minimum atomic E-state index is -1.25. The van der Waals surface area contributed by atoms with Crippen LogP contribution in [0.15, 0.2) is 48.5 Å². The summed E-state index contributed by atoms with van der Waals surface area (Å²) in [5.74, 6) is -1.91. The molecule has 0 aromatic heterocycles. The molecule has 1 aliphatic rings. The first kappa shape index (κ1) is 25.5. The Morgan fingerprint density at radius 3 is 2.09 bits per heavy atom. The van der Waals surface area contributed by atoms with Gasteiger partial charge in [-0.2, -0.15) is 5.06 Å². The highest BCUT2D eigenvalue weighted by Crippen LogP contribution is 2.37. The van der Waals surface area contributed by atoms with Gasteiger partial charge in [0.1, 0.15) is 13.1 Å². The quantitative estimate of drug-likeness (QED) is 0.352. The van der Waals surface area contributed by atoms with Crippen LogP contribution in [0.2, 0.25) is 0 Å². The topological polar surface area (TPSA) is 143 Å². The lowest BCUT2D eigenvalue weighted by atomic mass is 9.99. The molecule has 2 aromatic rings. The van der Waals surface area contributed by atoms with Crippen molar-refractivity contribution in [2.24, 2.45) is 0 Å². The largest absolute Gasteiger partial charge is 0.480 e. The number of carbonyl (C=O) groups excluding carboxylic acids is 3. The lowest BCUT2D eigenvalue weighted by molar-refractivity contribution is -0.138. The zero-order chi connectivity index (χ0) is 25.9. The van der Waals surface area contributed by atoms with E-state index in [9.17, 15) is 24.4 Å². The molecule has 1 aliphatic heterocycles. The summed E-state index contributed by atoms with van der Waals surface area (Å²) in [6, 6.07) is 12.4. The fourth-order valence-electron chi connectivity index (χ4n) is 3.88. The molecule has 1 atom stereocenters. The van der Waals surface area contributed by atoms with Crippen LogP contribution >= 0.6 is 0 Å². The Bertz CT molecular complexity index is 1120. The molecule has 1 saturated heterocycles. The number of urea groups is 2. The molecule has 0 spiro atoms. The van der Waals surface area contributed by atoms with Crippen molar-refractivity contribution in [2.75, 3.05) is 23.3 Å². The van der Waals surface area contributed by atoms with Crippen LogP contribution in [0, 0.1) is 13.8 Å². The summed E-state index contributed by atoms with van der Waals surface area (Å²) >= 11 is 0. The molecule has 4 N–H and O–H groups in total. The number of hydrogen-bond donors (Lipinski definition) is 4. The van der Waals surface area contributed by atoms with Gasteiger partial charge in [-0.15, -0.1) is 0 Å². The Morgan fingerprint density at radius 1 is 1.00 bits per heavy atom. The maximum atomic E-state index is 13.5. The molecule has 35 heavy (non-hydrogen) atoms. The minimum Gasteiger partial charge on any atom is -0.480 e. The Kier molecular flexibility index (Phi) is 7.30. The van der Waals surface area contributed by atoms with E-state index >= 15 is 0 Å². The summed E-state index contributed by atoms with van der Waals surface area (Å²) in [6.45, 7) is 5.93. The van der Waals surface area contributed by atoms with Crippen molar-refractivity contribution in [1.29, 1.82) is 0 Å². The van der Waals surface area contributed by atoms with E-state index in [0.29, 0.717) is 16.4 Å². The van der Waals surface area contributed by atoms with Crippen LogP contribution in [-0.4, -0.2) is 69.0 Å². The summed E-state index contributed by atoms with van der Waals surface area (Å²) in [4.78, 5) is 52.1. The van der Waals surface area contributed by atoms with Gasteiger partial charge in [0.05, 0.1) is 5.54 Å². The third-order valence-corrected chi connectivity index (χ3v) is 5.80. The van der Waals surface area contributed by atoms with Gasteiger partial charge in [0, 0.05) is 11.4 Å². The first-order chi connectivity index (χ1) is 16.4. The van der Waals surface area contributed by atoms with Crippen LogP contribution in [0.5, 0.6) is 0 Å². The normalized spacial score (nSPS) is 16.7. The van der Waals surface area contributed by atoms with Crippen LogP contribution in [0.4, 0.5) is 21.0 Å². The Morgan fingerprint density at radius 2 is 1.54 bits per heavy atom. The maximum absolute atomic E-state index is 13.5. The molecule has 1 fully saturated rings. The number of anilines is 2. The summed E-state index contributed by atoms with van der Waals surface area (Å²) in [5.41, 5.74) is 1.55. The summed E-state index contributed by atoms with van der Waals surface area (Å²) in [5, 5.41) is 25.1. The van der Waals surface area contributed by atoms with Crippen molar-refractivity contribution in [3.8, 4) is 0 Å². The van der Waals surface area contributed by atoms with Crippen molar-refractivity contribution in [1.82, 2.24) is 15.3 Å². The highest BCUT2D eigenvalue weighted by atomic mass is 16.5. The van der Waals surface area contributed by atoms with E-state index in [4.69, 9.17) is 5.11 Å². The Labute approximate surface area is 202 Å². The molecule has 1 heterocycles. The van der Waals surface area contributed by atoms with E-state index < -0.39 is 48.7 Å². The average Bonchev–Trinajstić information content (AvgIpc) is 2.99. The number of carbonyl (C=O) groups is 4.